The molecule has 0 atom stereocenters. The smallest absolute Gasteiger partial charge is 0.344 e. The maximum Gasteiger partial charge on any atom is 0.344 e. The second-order valence-corrected chi connectivity index (χ2v) is 5.11. The monoisotopic (exact) mass is 285 g/mol. The molecule has 3 N–H and O–H groups in total. The summed E-state index contributed by atoms with van der Waals surface area (Å²) >= 11 is 0. The van der Waals surface area contributed by atoms with E-state index in [1.807, 2.05) is 6.92 Å². The molecule has 1 aromatic carbocycles. The zero-order valence-corrected chi connectivity index (χ0v) is 11.2. The Morgan fingerprint density at radius 2 is 2.16 bits per heavy atom. The molecule has 2 rings (SSSR count). The molecule has 8 heteroatoms. The van der Waals surface area contributed by atoms with Crippen LogP contribution in [-0.4, -0.2) is 34.1 Å². The van der Waals surface area contributed by atoms with Gasteiger partial charge < -0.3 is 15.2 Å². The Kier molecular flexibility index (Phi) is 3.91. The summed E-state index contributed by atoms with van der Waals surface area (Å²) in [5.74, 6) is 0.390. The van der Waals surface area contributed by atoms with Gasteiger partial charge in [-0.3, -0.25) is 4.72 Å². The molecule has 0 aliphatic carbocycles. The Bertz CT molecular complexity index is 598. The fourth-order valence-corrected chi connectivity index (χ4v) is 2.54. The first-order chi connectivity index (χ1) is 9.03. The fourth-order valence-electron chi connectivity index (χ4n) is 1.69. The van der Waals surface area contributed by atoms with Crippen LogP contribution in [0.4, 0.5) is 5.69 Å². The van der Waals surface area contributed by atoms with Crippen molar-refractivity contribution in [1.82, 2.24) is 0 Å². The van der Waals surface area contributed by atoms with Gasteiger partial charge in [-0.15, -0.1) is 4.40 Å². The van der Waals surface area contributed by atoms with Crippen LogP contribution in [0.3, 0.4) is 0 Å². The van der Waals surface area contributed by atoms with Crippen molar-refractivity contribution in [2.45, 2.75) is 6.92 Å². The molecule has 7 nitrogen and oxygen atoms in total. The van der Waals surface area contributed by atoms with E-state index in [0.29, 0.717) is 36.8 Å². The second kappa shape index (κ2) is 5.45. The van der Waals surface area contributed by atoms with Gasteiger partial charge >= 0.3 is 10.2 Å². The molecule has 0 radical (unpaired) electrons. The lowest BCUT2D eigenvalue weighted by Crippen LogP contribution is -2.27. The summed E-state index contributed by atoms with van der Waals surface area (Å²) < 4.78 is 39.2. The molecular weight excluding hydrogens is 270 g/mol. The quantitative estimate of drug-likeness (QED) is 0.766. The van der Waals surface area contributed by atoms with E-state index in [0.717, 1.165) is 0 Å². The molecule has 0 aromatic heterocycles. The second-order valence-electron chi connectivity index (χ2n) is 3.78. The summed E-state index contributed by atoms with van der Waals surface area (Å²) in [7, 11) is -3.76. The largest absolute Gasteiger partial charge is 0.490 e. The van der Waals surface area contributed by atoms with Gasteiger partial charge in [0, 0.05) is 6.61 Å². The number of nitrogens with one attached hydrogen (secondary N) is 1. The van der Waals surface area contributed by atoms with E-state index in [2.05, 4.69) is 9.12 Å². The average molecular weight is 285 g/mol. The zero-order valence-electron chi connectivity index (χ0n) is 10.4. The minimum absolute atomic E-state index is 0.0826. The van der Waals surface area contributed by atoms with Crippen LogP contribution in [0.1, 0.15) is 12.5 Å². The lowest BCUT2D eigenvalue weighted by molar-refractivity contribution is 0.110. The predicted octanol–water partition coefficient (Wildman–Crippen LogP) is 0.478. The molecule has 0 unspecified atom stereocenters. The molecule has 1 heterocycles. The maximum absolute atomic E-state index is 11.4. The topological polar surface area (TPSA) is 103 Å². The minimum atomic E-state index is -3.76. The van der Waals surface area contributed by atoms with Crippen molar-refractivity contribution in [2.75, 3.05) is 24.5 Å². The van der Waals surface area contributed by atoms with E-state index >= 15 is 0 Å². The van der Waals surface area contributed by atoms with E-state index < -0.39 is 10.2 Å². The minimum Gasteiger partial charge on any atom is -0.490 e. The fraction of sp³-hybridized carbons (Fsp3) is 0.364. The molecule has 0 amide bonds. The molecule has 0 spiro atoms. The predicted molar refractivity (Wildman–Crippen MR) is 71.7 cm³/mol. The number of benzene rings is 1. The first-order valence-electron chi connectivity index (χ1n) is 5.75. The lowest BCUT2D eigenvalue weighted by Gasteiger charge is -2.18. The van der Waals surface area contributed by atoms with E-state index in [1.54, 1.807) is 18.2 Å². The number of hydrogen-bond donors (Lipinski definition) is 2. The SMILES string of the molecule is CCOCCOc1cccc2c1C(N)=NS(=O)(=O)N2. The van der Waals surface area contributed by atoms with Crippen molar-refractivity contribution >= 4 is 21.7 Å². The third-order valence-corrected chi connectivity index (χ3v) is 3.34. The molecule has 19 heavy (non-hydrogen) atoms. The summed E-state index contributed by atoms with van der Waals surface area (Å²) in [5, 5.41) is 0. The summed E-state index contributed by atoms with van der Waals surface area (Å²) in [5.41, 5.74) is 6.49. The molecule has 0 bridgehead atoms. The Hall–Kier alpha value is -1.80. The third kappa shape index (κ3) is 3.15. The highest BCUT2D eigenvalue weighted by molar-refractivity contribution is 7.91. The van der Waals surface area contributed by atoms with Crippen molar-refractivity contribution in [2.24, 2.45) is 10.1 Å². The van der Waals surface area contributed by atoms with E-state index in [9.17, 15) is 8.42 Å². The Labute approximate surface area is 111 Å². The maximum atomic E-state index is 11.4. The first kappa shape index (κ1) is 13.6. The van der Waals surface area contributed by atoms with Crippen molar-refractivity contribution in [3.05, 3.63) is 23.8 Å². The molecule has 0 saturated heterocycles. The molecule has 1 aliphatic rings. The van der Waals surface area contributed by atoms with Gasteiger partial charge in [-0.1, -0.05) is 6.07 Å². The molecule has 104 valence electrons. The van der Waals surface area contributed by atoms with Gasteiger partial charge in [0.15, 0.2) is 5.84 Å². The number of anilines is 1. The van der Waals surface area contributed by atoms with Gasteiger partial charge in [0.2, 0.25) is 0 Å². The van der Waals surface area contributed by atoms with Crippen LogP contribution in [0, 0.1) is 0 Å². The Morgan fingerprint density at radius 3 is 2.89 bits per heavy atom. The van der Waals surface area contributed by atoms with Crippen LogP contribution in [-0.2, 0) is 14.9 Å². The van der Waals surface area contributed by atoms with Crippen molar-refractivity contribution < 1.29 is 17.9 Å². The highest BCUT2D eigenvalue weighted by Crippen LogP contribution is 2.30. The highest BCUT2D eigenvalue weighted by Gasteiger charge is 2.24. The molecule has 0 fully saturated rings. The molecular formula is C11H15N3O4S. The van der Waals surface area contributed by atoms with Crippen LogP contribution >= 0.6 is 0 Å². The lowest BCUT2D eigenvalue weighted by atomic mass is 10.1. The van der Waals surface area contributed by atoms with E-state index in [4.69, 9.17) is 15.2 Å². The summed E-state index contributed by atoms with van der Waals surface area (Å²) in [6, 6.07) is 4.98. The van der Waals surface area contributed by atoms with Crippen molar-refractivity contribution in [3.8, 4) is 5.75 Å². The first-order valence-corrected chi connectivity index (χ1v) is 7.19. The van der Waals surface area contributed by atoms with Gasteiger partial charge in [-0.2, -0.15) is 8.42 Å². The van der Waals surface area contributed by atoms with Crippen LogP contribution in [0.5, 0.6) is 5.75 Å². The number of ether oxygens (including phenoxy) is 2. The standard InChI is InChI=1S/C11H15N3O4S/c1-2-17-6-7-18-9-5-3-4-8-10(9)11(12)14-19(15,16)13-8/h3-5,13H,2,6-7H2,1H3,(H2,12,14). The highest BCUT2D eigenvalue weighted by atomic mass is 32.2. The number of fused-ring (bicyclic) bond motifs is 1. The Morgan fingerprint density at radius 1 is 1.37 bits per heavy atom. The van der Waals surface area contributed by atoms with Gasteiger partial charge in [-0.25, -0.2) is 0 Å². The summed E-state index contributed by atoms with van der Waals surface area (Å²) in [6.45, 7) is 3.30. The zero-order chi connectivity index (χ0) is 13.9. The van der Waals surface area contributed by atoms with Crippen LogP contribution in [0.2, 0.25) is 0 Å². The molecule has 1 aromatic rings. The van der Waals surface area contributed by atoms with Gasteiger partial charge in [0.05, 0.1) is 17.9 Å². The van der Waals surface area contributed by atoms with Crippen LogP contribution < -0.4 is 15.2 Å². The number of hydrogen-bond acceptors (Lipinski definition) is 5. The van der Waals surface area contributed by atoms with Crippen LogP contribution in [0.25, 0.3) is 0 Å². The number of amidine groups is 1. The van der Waals surface area contributed by atoms with Gasteiger partial charge in [0.1, 0.15) is 12.4 Å². The van der Waals surface area contributed by atoms with Crippen molar-refractivity contribution in [1.29, 1.82) is 0 Å². The number of nitrogens with zero attached hydrogens (tertiary/aromatic N) is 1. The van der Waals surface area contributed by atoms with Crippen molar-refractivity contribution in [3.63, 3.8) is 0 Å². The number of nitrogens with two attached hydrogens (primary N) is 1. The molecule has 0 saturated carbocycles. The Balaban J connectivity index is 2.24. The van der Waals surface area contributed by atoms with E-state index in [1.165, 1.54) is 0 Å². The van der Waals surface area contributed by atoms with E-state index in [-0.39, 0.29) is 5.84 Å². The van der Waals surface area contributed by atoms with Crippen LogP contribution in [0.15, 0.2) is 22.6 Å². The normalized spacial score (nSPS) is 16.2. The number of rotatable bonds is 5. The summed E-state index contributed by atoms with van der Waals surface area (Å²) in [4.78, 5) is 0. The van der Waals surface area contributed by atoms with Gasteiger partial charge in [0.25, 0.3) is 0 Å². The molecule has 1 aliphatic heterocycles. The average Bonchev–Trinajstić information content (AvgIpc) is 2.32. The summed E-state index contributed by atoms with van der Waals surface area (Å²) in [6.07, 6.45) is 0. The van der Waals surface area contributed by atoms with Gasteiger partial charge in [-0.05, 0) is 19.1 Å². The third-order valence-electron chi connectivity index (χ3n) is 2.43.